The van der Waals surface area contributed by atoms with Crippen molar-refractivity contribution in [2.24, 2.45) is 0 Å². The van der Waals surface area contributed by atoms with Gasteiger partial charge >= 0.3 is 0 Å². The second-order valence-electron chi connectivity index (χ2n) is 6.88. The van der Waals surface area contributed by atoms with Crippen LogP contribution in [0.15, 0.2) is 24.5 Å². The summed E-state index contributed by atoms with van der Waals surface area (Å²) in [6.07, 6.45) is 8.43. The Morgan fingerprint density at radius 3 is 2.72 bits per heavy atom. The van der Waals surface area contributed by atoms with Crippen molar-refractivity contribution >= 4 is 17.5 Å². The molecule has 2 amide bonds. The van der Waals surface area contributed by atoms with Gasteiger partial charge in [-0.3, -0.25) is 9.59 Å². The lowest BCUT2D eigenvalue weighted by Crippen LogP contribution is -2.60. The number of carbonyl (C=O) groups is 2. The Hall–Kier alpha value is -2.37. The summed E-state index contributed by atoms with van der Waals surface area (Å²) < 4.78 is 1.93. The van der Waals surface area contributed by atoms with E-state index in [1.807, 2.05) is 42.8 Å². The second-order valence-corrected chi connectivity index (χ2v) is 6.88. The number of nitrogens with zero attached hydrogens (tertiary/aromatic N) is 2. The average Bonchev–Trinajstić information content (AvgIpc) is 2.99. The van der Waals surface area contributed by atoms with E-state index in [1.165, 1.54) is 0 Å². The lowest BCUT2D eigenvalue weighted by Gasteiger charge is -2.36. The highest BCUT2D eigenvalue weighted by Crippen LogP contribution is 2.28. The number of amides is 2. The third-order valence-electron chi connectivity index (χ3n) is 4.93. The Balaban J connectivity index is 1.74. The van der Waals surface area contributed by atoms with Crippen LogP contribution >= 0.6 is 0 Å². The molecule has 2 heterocycles. The standard InChI is InChI=1S/C19H26N4O2/c1-3-20-18(25)19(9-5-4-6-10-19)22-16(24)12-15-13-23-11-7-8-14(2)17(23)21-15/h7-8,11,13H,3-6,9-10,12H2,1-2H3,(H,20,25)(H,22,24). The first-order chi connectivity index (χ1) is 12.0. The van der Waals surface area contributed by atoms with Crippen LogP contribution in [0.3, 0.4) is 0 Å². The minimum Gasteiger partial charge on any atom is -0.354 e. The van der Waals surface area contributed by atoms with Crippen LogP contribution in [0, 0.1) is 6.92 Å². The van der Waals surface area contributed by atoms with Crippen LogP contribution < -0.4 is 10.6 Å². The van der Waals surface area contributed by atoms with Gasteiger partial charge in [0, 0.05) is 18.9 Å². The monoisotopic (exact) mass is 342 g/mol. The second kappa shape index (κ2) is 7.25. The fourth-order valence-electron chi connectivity index (χ4n) is 3.66. The highest BCUT2D eigenvalue weighted by atomic mass is 16.2. The summed E-state index contributed by atoms with van der Waals surface area (Å²) in [7, 11) is 0. The number of aryl methyl sites for hydroxylation is 1. The molecular formula is C19H26N4O2. The Bertz CT molecular complexity index is 775. The fraction of sp³-hybridized carbons (Fsp3) is 0.526. The maximum atomic E-state index is 12.6. The summed E-state index contributed by atoms with van der Waals surface area (Å²) >= 11 is 0. The van der Waals surface area contributed by atoms with Crippen molar-refractivity contribution in [3.05, 3.63) is 35.8 Å². The normalized spacial score (nSPS) is 16.6. The van der Waals surface area contributed by atoms with Gasteiger partial charge in [-0.25, -0.2) is 4.98 Å². The molecule has 0 atom stereocenters. The first kappa shape index (κ1) is 17.5. The van der Waals surface area contributed by atoms with E-state index in [4.69, 9.17) is 0 Å². The number of likely N-dealkylation sites (N-methyl/N-ethyl adjacent to an activating group) is 1. The number of aromatic nitrogens is 2. The number of nitrogens with one attached hydrogen (secondary N) is 2. The van der Waals surface area contributed by atoms with Gasteiger partial charge in [-0.1, -0.05) is 25.3 Å². The number of fused-ring (bicyclic) bond motifs is 1. The lowest BCUT2D eigenvalue weighted by atomic mass is 9.80. The van der Waals surface area contributed by atoms with Crippen LogP contribution in [0.5, 0.6) is 0 Å². The molecule has 0 aromatic carbocycles. The minimum atomic E-state index is -0.763. The van der Waals surface area contributed by atoms with Crippen LogP contribution in [0.2, 0.25) is 0 Å². The Morgan fingerprint density at radius 2 is 2.04 bits per heavy atom. The van der Waals surface area contributed by atoms with E-state index in [1.54, 1.807) is 0 Å². The predicted molar refractivity (Wildman–Crippen MR) is 96.3 cm³/mol. The van der Waals surface area contributed by atoms with Gasteiger partial charge in [0.2, 0.25) is 11.8 Å². The maximum Gasteiger partial charge on any atom is 0.245 e. The molecule has 1 aliphatic carbocycles. The van der Waals surface area contributed by atoms with E-state index in [9.17, 15) is 9.59 Å². The molecule has 3 rings (SSSR count). The van der Waals surface area contributed by atoms with Crippen molar-refractivity contribution in [2.75, 3.05) is 6.54 Å². The van der Waals surface area contributed by atoms with Gasteiger partial charge in [-0.05, 0) is 38.3 Å². The smallest absolute Gasteiger partial charge is 0.245 e. The van der Waals surface area contributed by atoms with E-state index >= 15 is 0 Å². The average molecular weight is 342 g/mol. The summed E-state index contributed by atoms with van der Waals surface area (Å²) in [6, 6.07) is 3.96. The lowest BCUT2D eigenvalue weighted by molar-refractivity contribution is -0.134. The van der Waals surface area contributed by atoms with Crippen molar-refractivity contribution in [1.82, 2.24) is 20.0 Å². The number of carbonyl (C=O) groups excluding carboxylic acids is 2. The van der Waals surface area contributed by atoms with Gasteiger partial charge in [0.25, 0.3) is 0 Å². The van der Waals surface area contributed by atoms with E-state index in [-0.39, 0.29) is 18.2 Å². The van der Waals surface area contributed by atoms with Crippen LogP contribution in [-0.2, 0) is 16.0 Å². The summed E-state index contributed by atoms with van der Waals surface area (Å²) in [5.41, 5.74) is 1.88. The Morgan fingerprint density at radius 1 is 1.28 bits per heavy atom. The predicted octanol–water partition coefficient (Wildman–Crippen LogP) is 2.14. The van der Waals surface area contributed by atoms with Crippen molar-refractivity contribution < 1.29 is 9.59 Å². The van der Waals surface area contributed by atoms with Gasteiger partial charge < -0.3 is 15.0 Å². The third kappa shape index (κ3) is 3.67. The molecule has 1 fully saturated rings. The molecule has 0 aliphatic heterocycles. The molecule has 0 bridgehead atoms. The van der Waals surface area contributed by atoms with Gasteiger partial charge in [0.1, 0.15) is 11.2 Å². The Labute approximate surface area is 148 Å². The third-order valence-corrected chi connectivity index (χ3v) is 4.93. The molecule has 2 aromatic rings. The molecule has 0 radical (unpaired) electrons. The molecule has 0 unspecified atom stereocenters. The van der Waals surface area contributed by atoms with E-state index in [0.717, 1.165) is 30.5 Å². The van der Waals surface area contributed by atoms with Crippen molar-refractivity contribution in [3.63, 3.8) is 0 Å². The first-order valence-electron chi connectivity index (χ1n) is 9.06. The SMILES string of the molecule is CCNC(=O)C1(NC(=O)Cc2cn3cccc(C)c3n2)CCCCC1. The topological polar surface area (TPSA) is 75.5 Å². The number of hydrogen-bond donors (Lipinski definition) is 2. The Kier molecular flexibility index (Phi) is 5.06. The fourth-order valence-corrected chi connectivity index (χ4v) is 3.66. The van der Waals surface area contributed by atoms with E-state index in [2.05, 4.69) is 15.6 Å². The van der Waals surface area contributed by atoms with Gasteiger partial charge in [-0.2, -0.15) is 0 Å². The van der Waals surface area contributed by atoms with Crippen LogP contribution in [0.1, 0.15) is 50.3 Å². The highest BCUT2D eigenvalue weighted by Gasteiger charge is 2.40. The van der Waals surface area contributed by atoms with Crippen LogP contribution in [0.25, 0.3) is 5.65 Å². The summed E-state index contributed by atoms with van der Waals surface area (Å²) in [4.78, 5) is 29.7. The van der Waals surface area contributed by atoms with Gasteiger partial charge in [0.15, 0.2) is 0 Å². The van der Waals surface area contributed by atoms with Gasteiger partial charge in [0.05, 0.1) is 12.1 Å². The molecule has 134 valence electrons. The van der Waals surface area contributed by atoms with Gasteiger partial charge in [-0.15, -0.1) is 0 Å². The molecule has 25 heavy (non-hydrogen) atoms. The molecule has 1 saturated carbocycles. The van der Waals surface area contributed by atoms with Crippen LogP contribution in [-0.4, -0.2) is 33.3 Å². The molecule has 2 aromatic heterocycles. The molecule has 6 heteroatoms. The molecule has 2 N–H and O–H groups in total. The zero-order chi connectivity index (χ0) is 17.9. The minimum absolute atomic E-state index is 0.0612. The molecule has 0 spiro atoms. The summed E-state index contributed by atoms with van der Waals surface area (Å²) in [5.74, 6) is -0.205. The molecule has 1 aliphatic rings. The molecule has 0 saturated heterocycles. The highest BCUT2D eigenvalue weighted by molar-refractivity contribution is 5.92. The number of pyridine rings is 1. The van der Waals surface area contributed by atoms with E-state index in [0.29, 0.717) is 25.1 Å². The van der Waals surface area contributed by atoms with Crippen molar-refractivity contribution in [3.8, 4) is 0 Å². The zero-order valence-electron chi connectivity index (χ0n) is 15.0. The first-order valence-corrected chi connectivity index (χ1v) is 9.06. The number of rotatable bonds is 5. The summed E-state index contributed by atoms with van der Waals surface area (Å²) in [6.45, 7) is 4.47. The van der Waals surface area contributed by atoms with Crippen molar-refractivity contribution in [1.29, 1.82) is 0 Å². The largest absolute Gasteiger partial charge is 0.354 e. The van der Waals surface area contributed by atoms with Crippen LogP contribution in [0.4, 0.5) is 0 Å². The quantitative estimate of drug-likeness (QED) is 0.874. The molecular weight excluding hydrogens is 316 g/mol. The van der Waals surface area contributed by atoms with Crippen molar-refractivity contribution in [2.45, 2.75) is 57.9 Å². The van der Waals surface area contributed by atoms with E-state index < -0.39 is 5.54 Å². The molecule has 6 nitrogen and oxygen atoms in total. The zero-order valence-corrected chi connectivity index (χ0v) is 15.0. The number of imidazole rings is 1. The maximum absolute atomic E-state index is 12.6. The number of hydrogen-bond acceptors (Lipinski definition) is 3. The summed E-state index contributed by atoms with van der Waals surface area (Å²) in [5, 5.41) is 5.91.